The number of phenolic OH excluding ortho intramolecular Hbond substituents is 4. The highest BCUT2D eigenvalue weighted by atomic mass is 32.1. The van der Waals surface area contributed by atoms with Crippen LogP contribution in [0.5, 0.6) is 23.0 Å². The van der Waals surface area contributed by atoms with Crippen LogP contribution < -0.4 is 10.9 Å². The number of hydrogen-bond acceptors (Lipinski definition) is 11. The summed E-state index contributed by atoms with van der Waals surface area (Å²) >= 11 is 1.42. The van der Waals surface area contributed by atoms with Crippen LogP contribution in [0.4, 0.5) is 11.8 Å². The molecular formula is C20H16N6O4S. The zero-order valence-corrected chi connectivity index (χ0v) is 16.6. The van der Waals surface area contributed by atoms with E-state index in [0.29, 0.717) is 22.5 Å². The number of aromatic hydroxyl groups is 4. The molecule has 0 saturated carbocycles. The first-order chi connectivity index (χ1) is 15.0. The number of anilines is 2. The summed E-state index contributed by atoms with van der Waals surface area (Å²) < 4.78 is 0.762. The van der Waals surface area contributed by atoms with Crippen molar-refractivity contribution in [2.24, 2.45) is 10.2 Å². The average molecular weight is 436 g/mol. The Morgan fingerprint density at radius 2 is 1.39 bits per heavy atom. The van der Waals surface area contributed by atoms with Crippen molar-refractivity contribution in [1.29, 1.82) is 0 Å². The summed E-state index contributed by atoms with van der Waals surface area (Å²) in [6.07, 6.45) is 2.68. The van der Waals surface area contributed by atoms with Crippen LogP contribution in [0.1, 0.15) is 11.1 Å². The monoisotopic (exact) mass is 436 g/mol. The third-order valence-electron chi connectivity index (χ3n) is 4.14. The molecule has 0 spiro atoms. The molecule has 2 aromatic heterocycles. The Kier molecular flexibility index (Phi) is 5.49. The summed E-state index contributed by atoms with van der Waals surface area (Å²) in [5.41, 5.74) is 6.80. The van der Waals surface area contributed by atoms with Gasteiger partial charge in [0.15, 0.2) is 28.8 Å². The van der Waals surface area contributed by atoms with E-state index in [1.54, 1.807) is 24.3 Å². The van der Waals surface area contributed by atoms with Crippen LogP contribution in [0.3, 0.4) is 0 Å². The highest BCUT2D eigenvalue weighted by Crippen LogP contribution is 2.29. The largest absolute Gasteiger partial charge is 0.504 e. The minimum atomic E-state index is -0.283. The van der Waals surface area contributed by atoms with E-state index in [0.717, 1.165) is 4.70 Å². The maximum atomic E-state index is 9.85. The zero-order valence-electron chi connectivity index (χ0n) is 15.8. The number of hydrazone groups is 2. The fourth-order valence-electron chi connectivity index (χ4n) is 2.62. The van der Waals surface area contributed by atoms with Gasteiger partial charge in [-0.2, -0.15) is 15.2 Å². The predicted octanol–water partition coefficient (Wildman–Crippen LogP) is 3.41. The second kappa shape index (κ2) is 8.55. The normalized spacial score (nSPS) is 11.5. The number of thiophene rings is 1. The van der Waals surface area contributed by atoms with Crippen molar-refractivity contribution < 1.29 is 20.4 Å². The van der Waals surface area contributed by atoms with Gasteiger partial charge in [-0.1, -0.05) is 12.1 Å². The predicted molar refractivity (Wildman–Crippen MR) is 119 cm³/mol. The van der Waals surface area contributed by atoms with Crippen molar-refractivity contribution in [3.8, 4) is 23.0 Å². The van der Waals surface area contributed by atoms with Crippen molar-refractivity contribution in [2.45, 2.75) is 0 Å². The molecule has 31 heavy (non-hydrogen) atoms. The van der Waals surface area contributed by atoms with Gasteiger partial charge < -0.3 is 20.4 Å². The van der Waals surface area contributed by atoms with Gasteiger partial charge in [0.25, 0.3) is 0 Å². The molecule has 0 bridgehead atoms. The van der Waals surface area contributed by atoms with E-state index in [1.165, 1.54) is 35.9 Å². The van der Waals surface area contributed by atoms with E-state index in [-0.39, 0.29) is 28.9 Å². The van der Waals surface area contributed by atoms with Gasteiger partial charge in [-0.25, -0.2) is 10.4 Å². The van der Waals surface area contributed by atoms with E-state index in [4.69, 9.17) is 0 Å². The van der Waals surface area contributed by atoms with Gasteiger partial charge in [0, 0.05) is 11.1 Å². The molecule has 0 atom stereocenters. The van der Waals surface area contributed by atoms with Crippen LogP contribution >= 0.6 is 11.3 Å². The van der Waals surface area contributed by atoms with Crippen molar-refractivity contribution >= 4 is 45.7 Å². The van der Waals surface area contributed by atoms with E-state index in [1.807, 2.05) is 11.4 Å². The Morgan fingerprint density at radius 1 is 0.774 bits per heavy atom. The van der Waals surface area contributed by atoms with Crippen molar-refractivity contribution in [3.63, 3.8) is 0 Å². The van der Waals surface area contributed by atoms with Gasteiger partial charge in [-0.3, -0.25) is 5.43 Å². The molecule has 11 heteroatoms. The van der Waals surface area contributed by atoms with Gasteiger partial charge in [-0.15, -0.1) is 11.3 Å². The van der Waals surface area contributed by atoms with Crippen molar-refractivity contribution in [1.82, 2.24) is 9.97 Å². The maximum absolute atomic E-state index is 9.85. The lowest BCUT2D eigenvalue weighted by Gasteiger charge is -2.05. The van der Waals surface area contributed by atoms with Gasteiger partial charge in [-0.05, 0) is 35.7 Å². The van der Waals surface area contributed by atoms with Crippen LogP contribution in [0, 0.1) is 0 Å². The quantitative estimate of drug-likeness (QED) is 0.153. The molecule has 10 nitrogen and oxygen atoms in total. The molecule has 0 aliphatic heterocycles. The minimum Gasteiger partial charge on any atom is -0.504 e. The molecule has 0 radical (unpaired) electrons. The number of phenols is 4. The molecule has 2 aromatic carbocycles. The molecular weight excluding hydrogens is 420 g/mol. The Bertz CT molecular complexity index is 1300. The smallest absolute Gasteiger partial charge is 0.246 e. The molecule has 0 amide bonds. The lowest BCUT2D eigenvalue weighted by molar-refractivity contribution is 0.403. The fraction of sp³-hybridized carbons (Fsp3) is 0. The Morgan fingerprint density at radius 3 is 2.03 bits per heavy atom. The molecule has 0 saturated heterocycles. The second-order valence-corrected chi connectivity index (χ2v) is 7.12. The molecule has 156 valence electrons. The van der Waals surface area contributed by atoms with E-state index < -0.39 is 0 Å². The van der Waals surface area contributed by atoms with Crippen LogP contribution in [0.15, 0.2) is 58.0 Å². The van der Waals surface area contributed by atoms with E-state index in [2.05, 4.69) is 31.0 Å². The molecule has 6 N–H and O–H groups in total. The summed E-state index contributed by atoms with van der Waals surface area (Å²) in [6, 6.07) is 10.9. The molecule has 0 aliphatic carbocycles. The SMILES string of the molecule is Oc1cccc(C=NNc2nc(NN=Cc3cccc(O)c3O)c3sccc3n2)c1O. The summed E-state index contributed by atoms with van der Waals surface area (Å²) in [4.78, 5) is 8.70. The third-order valence-corrected chi connectivity index (χ3v) is 5.05. The fourth-order valence-corrected chi connectivity index (χ4v) is 3.39. The lowest BCUT2D eigenvalue weighted by atomic mass is 10.2. The Hall–Kier alpha value is -4.38. The molecule has 0 aliphatic rings. The standard InChI is InChI=1S/C20H16N6O4S/c27-14-5-1-3-11(16(14)29)9-21-25-19-18-13(7-8-31-18)23-20(24-19)26-22-10-12-4-2-6-15(28)17(12)30/h1-10,27-30H,(H2,23,24,25,26). The lowest BCUT2D eigenvalue weighted by Crippen LogP contribution is -2.01. The Labute approximate surface area is 179 Å². The van der Waals surface area contributed by atoms with E-state index >= 15 is 0 Å². The first-order valence-electron chi connectivity index (χ1n) is 8.88. The first-order valence-corrected chi connectivity index (χ1v) is 9.76. The van der Waals surface area contributed by atoms with Crippen molar-refractivity contribution in [2.75, 3.05) is 10.9 Å². The Balaban J connectivity index is 1.55. The number of benzene rings is 2. The maximum Gasteiger partial charge on any atom is 0.246 e. The van der Waals surface area contributed by atoms with Crippen molar-refractivity contribution in [3.05, 3.63) is 59.0 Å². The van der Waals surface area contributed by atoms with Gasteiger partial charge in [0.05, 0.1) is 22.6 Å². The average Bonchev–Trinajstić information content (AvgIpc) is 3.23. The summed E-state index contributed by atoms with van der Waals surface area (Å²) in [7, 11) is 0. The molecule has 4 aromatic rings. The molecule has 4 rings (SSSR count). The number of hydrogen-bond donors (Lipinski definition) is 6. The minimum absolute atomic E-state index is 0.180. The summed E-state index contributed by atoms with van der Waals surface area (Å²) in [6.45, 7) is 0. The zero-order chi connectivity index (χ0) is 21.8. The van der Waals surface area contributed by atoms with Crippen LogP contribution in [0.2, 0.25) is 0 Å². The molecule has 2 heterocycles. The molecule has 0 unspecified atom stereocenters. The van der Waals surface area contributed by atoms with Gasteiger partial charge in [0.1, 0.15) is 0 Å². The number of nitrogens with one attached hydrogen (secondary N) is 2. The third kappa shape index (κ3) is 4.31. The van der Waals surface area contributed by atoms with E-state index in [9.17, 15) is 20.4 Å². The highest BCUT2D eigenvalue weighted by molar-refractivity contribution is 7.17. The summed E-state index contributed by atoms with van der Waals surface area (Å²) in [5, 5.41) is 48.7. The number of nitrogens with zero attached hydrogens (tertiary/aromatic N) is 4. The molecule has 0 fully saturated rings. The number of rotatable bonds is 6. The number of fused-ring (bicyclic) bond motifs is 1. The van der Waals surface area contributed by atoms with Crippen LogP contribution in [-0.4, -0.2) is 42.8 Å². The second-order valence-electron chi connectivity index (χ2n) is 6.20. The topological polar surface area (TPSA) is 155 Å². The highest BCUT2D eigenvalue weighted by Gasteiger charge is 2.09. The summed E-state index contributed by atoms with van der Waals surface area (Å²) in [5.74, 6) is -0.456. The number of aromatic nitrogens is 2. The van der Waals surface area contributed by atoms with Crippen LogP contribution in [0.25, 0.3) is 10.2 Å². The van der Waals surface area contributed by atoms with Gasteiger partial charge in [0.2, 0.25) is 5.95 Å². The first kappa shape index (κ1) is 19.9. The number of para-hydroxylation sites is 2. The van der Waals surface area contributed by atoms with Gasteiger partial charge >= 0.3 is 0 Å². The van der Waals surface area contributed by atoms with Crippen LogP contribution in [-0.2, 0) is 0 Å².